The molecule has 1 saturated heterocycles. The van der Waals surface area contributed by atoms with Gasteiger partial charge in [0.25, 0.3) is 5.56 Å². The van der Waals surface area contributed by atoms with Crippen LogP contribution in [-0.4, -0.2) is 88.4 Å². The summed E-state index contributed by atoms with van der Waals surface area (Å²) in [4.78, 5) is 78.3. The minimum atomic E-state index is -0.869. The Morgan fingerprint density at radius 2 is 1.73 bits per heavy atom. The van der Waals surface area contributed by atoms with Crippen LogP contribution in [0.25, 0.3) is 22.2 Å². The fourth-order valence-electron chi connectivity index (χ4n) is 8.39. The van der Waals surface area contributed by atoms with Crippen LogP contribution in [0.2, 0.25) is 5.02 Å². The minimum absolute atomic E-state index is 0.0141. The van der Waals surface area contributed by atoms with Crippen LogP contribution in [0.15, 0.2) is 22.6 Å². The van der Waals surface area contributed by atoms with Gasteiger partial charge in [-0.05, 0) is 77.0 Å². The smallest absolute Gasteiger partial charge is 0.407 e. The van der Waals surface area contributed by atoms with Crippen LogP contribution in [0, 0.1) is 12.8 Å². The van der Waals surface area contributed by atoms with Crippen LogP contribution in [0.3, 0.4) is 0 Å². The number of amides is 5. The first kappa shape index (κ1) is 43.0. The zero-order chi connectivity index (χ0) is 42.3. The number of nitrogens with zero attached hydrogens (tertiary/aromatic N) is 7. The summed E-state index contributed by atoms with van der Waals surface area (Å²) in [5.74, 6) is 0.733. The van der Waals surface area contributed by atoms with Crippen molar-refractivity contribution in [1.82, 2.24) is 50.1 Å². The number of aryl methyl sites for hydroxylation is 2. The molecule has 5 N–H and O–H groups in total. The maximum absolute atomic E-state index is 13.3. The molecular formula is C41H54ClN11O6S. The number of piperidine rings is 1. The summed E-state index contributed by atoms with van der Waals surface area (Å²) < 4.78 is 3.26. The molecule has 0 aromatic carbocycles. The molecule has 5 heterocycles. The lowest BCUT2D eigenvalue weighted by Crippen LogP contribution is -2.45. The van der Waals surface area contributed by atoms with E-state index in [1.54, 1.807) is 23.4 Å². The Hall–Kier alpha value is -5.10. The first-order chi connectivity index (χ1) is 29.0. The molecule has 4 aromatic heterocycles. The summed E-state index contributed by atoms with van der Waals surface area (Å²) >= 11 is 7.89. The molecule has 5 amide bonds. The molecule has 1 aliphatic heterocycles. The van der Waals surface area contributed by atoms with Gasteiger partial charge in [-0.1, -0.05) is 37.3 Å². The van der Waals surface area contributed by atoms with E-state index in [0.29, 0.717) is 52.4 Å². The van der Waals surface area contributed by atoms with Gasteiger partial charge < -0.3 is 26.0 Å². The summed E-state index contributed by atoms with van der Waals surface area (Å²) in [6, 6.07) is -0.969. The van der Waals surface area contributed by atoms with Crippen LogP contribution < -0.4 is 26.8 Å². The number of fused-ring (bicyclic) bond motifs is 1. The average Bonchev–Trinajstić information content (AvgIpc) is 3.85. The van der Waals surface area contributed by atoms with Crippen LogP contribution in [0.1, 0.15) is 112 Å². The van der Waals surface area contributed by atoms with Gasteiger partial charge in [-0.2, -0.15) is 5.10 Å². The third-order valence-corrected chi connectivity index (χ3v) is 13.2. The number of imide groups is 1. The van der Waals surface area contributed by atoms with E-state index in [1.165, 1.54) is 28.7 Å². The van der Waals surface area contributed by atoms with Crippen molar-refractivity contribution in [3.63, 3.8) is 0 Å². The molecule has 4 aromatic rings. The van der Waals surface area contributed by atoms with Crippen LogP contribution in [-0.2, 0) is 29.6 Å². The van der Waals surface area contributed by atoms with Crippen molar-refractivity contribution in [2.75, 3.05) is 18.4 Å². The molecule has 7 rings (SSSR count). The molecule has 19 heteroatoms. The predicted octanol–water partition coefficient (Wildman–Crippen LogP) is 6.08. The van der Waals surface area contributed by atoms with E-state index in [-0.39, 0.29) is 49.0 Å². The van der Waals surface area contributed by atoms with Gasteiger partial charge >= 0.3 is 12.1 Å². The average molecular weight is 864 g/mol. The number of anilines is 1. The van der Waals surface area contributed by atoms with Crippen molar-refractivity contribution in [3.05, 3.63) is 49.5 Å². The number of aromatic nitrogens is 6. The summed E-state index contributed by atoms with van der Waals surface area (Å²) in [5, 5.41) is 28.6. The molecule has 1 atom stereocenters. The second kappa shape index (κ2) is 19.5. The Labute approximate surface area is 357 Å². The second-order valence-electron chi connectivity index (χ2n) is 16.2. The Bertz CT molecular complexity index is 2260. The minimum Gasteiger partial charge on any atom is -0.465 e. The van der Waals surface area contributed by atoms with E-state index >= 15 is 0 Å². The highest BCUT2D eigenvalue weighted by Gasteiger charge is 2.32. The molecule has 2 aliphatic carbocycles. The van der Waals surface area contributed by atoms with E-state index in [9.17, 15) is 29.1 Å². The van der Waals surface area contributed by atoms with Gasteiger partial charge in [0.05, 0.1) is 45.4 Å². The number of rotatable bonds is 18. The van der Waals surface area contributed by atoms with E-state index in [0.717, 1.165) is 86.8 Å². The Balaban J connectivity index is 0.767. The molecule has 17 nitrogen and oxygen atoms in total. The number of carboxylic acid groups (broad SMARTS) is 1. The molecule has 0 bridgehead atoms. The van der Waals surface area contributed by atoms with Crippen LogP contribution in [0.4, 0.5) is 15.5 Å². The summed E-state index contributed by atoms with van der Waals surface area (Å²) in [6.45, 7) is 2.90. The van der Waals surface area contributed by atoms with Gasteiger partial charge in [-0.25, -0.2) is 24.5 Å². The highest BCUT2D eigenvalue weighted by molar-refractivity contribution is 7.11. The van der Waals surface area contributed by atoms with Crippen LogP contribution >= 0.6 is 22.9 Å². The van der Waals surface area contributed by atoms with E-state index in [2.05, 4.69) is 36.3 Å². The predicted molar refractivity (Wildman–Crippen MR) is 228 cm³/mol. The van der Waals surface area contributed by atoms with E-state index < -0.39 is 18.0 Å². The fourth-order valence-corrected chi connectivity index (χ4v) is 9.48. The van der Waals surface area contributed by atoms with Crippen molar-refractivity contribution in [2.45, 2.75) is 128 Å². The third kappa shape index (κ3) is 10.4. The molecule has 2 saturated carbocycles. The van der Waals surface area contributed by atoms with E-state index in [4.69, 9.17) is 16.6 Å². The highest BCUT2D eigenvalue weighted by Crippen LogP contribution is 2.37. The normalized spacial score (nSPS) is 19.3. The molecule has 0 radical (unpaired) electrons. The van der Waals surface area contributed by atoms with Crippen molar-refractivity contribution >= 4 is 63.7 Å². The van der Waals surface area contributed by atoms with Gasteiger partial charge in [0.1, 0.15) is 11.9 Å². The Morgan fingerprint density at radius 1 is 0.983 bits per heavy atom. The van der Waals surface area contributed by atoms with Gasteiger partial charge in [0.15, 0.2) is 0 Å². The number of hydrogen-bond donors (Lipinski definition) is 5. The molecule has 322 valence electrons. The lowest BCUT2D eigenvalue weighted by Gasteiger charge is -2.35. The van der Waals surface area contributed by atoms with Gasteiger partial charge in [-0.3, -0.25) is 28.9 Å². The molecular weight excluding hydrogens is 810 g/mol. The number of halogens is 1. The van der Waals surface area contributed by atoms with Crippen molar-refractivity contribution < 1.29 is 24.3 Å². The maximum atomic E-state index is 13.3. The van der Waals surface area contributed by atoms with Crippen LogP contribution in [0.5, 0.6) is 0 Å². The van der Waals surface area contributed by atoms with Gasteiger partial charge in [0, 0.05) is 55.3 Å². The monoisotopic (exact) mass is 863 g/mol. The lowest BCUT2D eigenvalue weighted by molar-refractivity contribution is -0.135. The number of nitrogens with one attached hydrogen (secondary N) is 4. The highest BCUT2D eigenvalue weighted by atomic mass is 35.5. The SMILES string of the molecule is Cc1nc2c(CNC(=O)NCCCCCCCCN(C(=O)O)C3CCC(Nc4ncc(Cl)c(-c5cnn(C)c5CC5CC5)n4)CC3)scc2c(=O)n1C1CCC(=O)NC1=O. The number of carbonyl (C=O) groups is 4. The van der Waals surface area contributed by atoms with E-state index in [1.807, 2.05) is 17.9 Å². The van der Waals surface area contributed by atoms with Gasteiger partial charge in [-0.15, -0.1) is 11.3 Å². The second-order valence-corrected chi connectivity index (χ2v) is 17.6. The number of hydrogen-bond acceptors (Lipinski definition) is 11. The number of carbonyl (C=O) groups excluding carboxylic acids is 3. The summed E-state index contributed by atoms with van der Waals surface area (Å²) in [7, 11) is 1.95. The number of unbranched alkanes of at least 4 members (excludes halogenated alkanes) is 5. The fraction of sp³-hybridized carbons (Fsp3) is 0.585. The quantitative estimate of drug-likeness (QED) is 0.0570. The topological polar surface area (TPSA) is 218 Å². The van der Waals surface area contributed by atoms with Gasteiger partial charge in [0.2, 0.25) is 17.8 Å². The van der Waals surface area contributed by atoms with Crippen molar-refractivity contribution in [1.29, 1.82) is 0 Å². The van der Waals surface area contributed by atoms with Crippen molar-refractivity contribution in [2.24, 2.45) is 13.0 Å². The van der Waals surface area contributed by atoms with Crippen molar-refractivity contribution in [3.8, 4) is 11.3 Å². The lowest BCUT2D eigenvalue weighted by atomic mass is 9.90. The summed E-state index contributed by atoms with van der Waals surface area (Å²) in [5.41, 5.74) is 2.92. The number of thiophene rings is 1. The molecule has 0 spiro atoms. The first-order valence-corrected chi connectivity index (χ1v) is 22.4. The zero-order valence-electron chi connectivity index (χ0n) is 34.2. The summed E-state index contributed by atoms with van der Waals surface area (Å²) in [6.07, 6.45) is 15.1. The largest absolute Gasteiger partial charge is 0.465 e. The molecule has 60 heavy (non-hydrogen) atoms. The molecule has 3 aliphatic rings. The molecule has 3 fully saturated rings. The Kier molecular flexibility index (Phi) is 14.0. The first-order valence-electron chi connectivity index (χ1n) is 21.1. The standard InChI is InChI=1S/C41H54ClN11O6S/c1-24-47-36-29(38(56)53(24)31-15-16-34(54)49-37(31)55)23-60-33(36)22-45-40(57)43-17-7-5-3-4-6-8-18-52(41(58)59)27-13-11-26(12-14-27)48-39-44-21-30(42)35(50-39)28-20-46-51(2)32(28)19-25-9-10-25/h20-21,23,25-27,31H,3-19,22H2,1-2H3,(H,58,59)(H2,43,45,57)(H,44,48,50)(H,49,54,55). The third-order valence-electron chi connectivity index (χ3n) is 11.9. The maximum Gasteiger partial charge on any atom is 0.407 e. The Morgan fingerprint density at radius 3 is 2.47 bits per heavy atom. The number of urea groups is 1. The zero-order valence-corrected chi connectivity index (χ0v) is 35.7. The molecule has 1 unspecified atom stereocenters.